The van der Waals surface area contributed by atoms with Gasteiger partial charge in [0.25, 0.3) is 0 Å². The minimum absolute atomic E-state index is 0.400. The van der Waals surface area contributed by atoms with E-state index in [1.54, 1.807) is 6.92 Å². The summed E-state index contributed by atoms with van der Waals surface area (Å²) in [6, 6.07) is 0. The number of fused-ring (bicyclic) bond motifs is 1. The SMILES string of the molecule is CC#Cc1[nH]nc2ncnc(N)c12. The maximum Gasteiger partial charge on any atom is 0.187 e. The van der Waals surface area contributed by atoms with E-state index in [1.807, 2.05) is 0 Å². The third kappa shape index (κ3) is 1.08. The van der Waals surface area contributed by atoms with Gasteiger partial charge in [-0.1, -0.05) is 5.92 Å². The number of nitrogens with one attached hydrogen (secondary N) is 1. The Kier molecular flexibility index (Phi) is 1.60. The first-order valence-electron chi connectivity index (χ1n) is 3.70. The van der Waals surface area contributed by atoms with Gasteiger partial charge >= 0.3 is 0 Å². The average Bonchev–Trinajstić information content (AvgIpc) is 2.51. The summed E-state index contributed by atoms with van der Waals surface area (Å²) < 4.78 is 0. The third-order valence-electron chi connectivity index (χ3n) is 1.63. The number of hydrogen-bond donors (Lipinski definition) is 2. The van der Waals surface area contributed by atoms with Crippen molar-refractivity contribution in [2.75, 3.05) is 5.73 Å². The maximum absolute atomic E-state index is 5.65. The summed E-state index contributed by atoms with van der Waals surface area (Å²) in [5.74, 6) is 6.00. The Bertz CT molecular complexity index is 502. The summed E-state index contributed by atoms with van der Waals surface area (Å²) >= 11 is 0. The van der Waals surface area contributed by atoms with Crippen LogP contribution in [0.4, 0.5) is 5.82 Å². The summed E-state index contributed by atoms with van der Waals surface area (Å²) in [5, 5.41) is 7.38. The van der Waals surface area contributed by atoms with E-state index in [2.05, 4.69) is 32.0 Å². The molecule has 0 fully saturated rings. The average molecular weight is 173 g/mol. The van der Waals surface area contributed by atoms with Crippen molar-refractivity contribution in [1.29, 1.82) is 0 Å². The normalized spacial score (nSPS) is 9.62. The van der Waals surface area contributed by atoms with Crippen molar-refractivity contribution in [3.8, 4) is 11.8 Å². The highest BCUT2D eigenvalue weighted by Gasteiger charge is 2.07. The molecule has 0 radical (unpaired) electrons. The summed E-state index contributed by atoms with van der Waals surface area (Å²) in [6.45, 7) is 1.74. The molecule has 0 atom stereocenters. The zero-order valence-electron chi connectivity index (χ0n) is 7.00. The van der Waals surface area contributed by atoms with Gasteiger partial charge in [0.15, 0.2) is 5.65 Å². The molecule has 2 rings (SSSR count). The maximum atomic E-state index is 5.65. The smallest absolute Gasteiger partial charge is 0.187 e. The Hall–Kier alpha value is -2.09. The molecule has 0 aliphatic rings. The topological polar surface area (TPSA) is 80.5 Å². The molecule has 5 nitrogen and oxygen atoms in total. The minimum Gasteiger partial charge on any atom is -0.383 e. The van der Waals surface area contributed by atoms with E-state index in [4.69, 9.17) is 5.73 Å². The van der Waals surface area contributed by atoms with E-state index in [-0.39, 0.29) is 0 Å². The Balaban J connectivity index is 2.83. The lowest BCUT2D eigenvalue weighted by molar-refractivity contribution is 1.08. The highest BCUT2D eigenvalue weighted by atomic mass is 15.2. The minimum atomic E-state index is 0.400. The first-order chi connectivity index (χ1) is 6.33. The quantitative estimate of drug-likeness (QED) is 0.562. The lowest BCUT2D eigenvalue weighted by Gasteiger charge is -1.91. The second kappa shape index (κ2) is 2.75. The number of nitrogens with zero attached hydrogens (tertiary/aromatic N) is 3. The fraction of sp³-hybridized carbons (Fsp3) is 0.125. The zero-order chi connectivity index (χ0) is 9.26. The lowest BCUT2D eigenvalue weighted by atomic mass is 10.3. The van der Waals surface area contributed by atoms with E-state index in [0.29, 0.717) is 22.5 Å². The van der Waals surface area contributed by atoms with E-state index >= 15 is 0 Å². The van der Waals surface area contributed by atoms with Crippen LogP contribution in [0.15, 0.2) is 6.33 Å². The summed E-state index contributed by atoms with van der Waals surface area (Å²) in [6.07, 6.45) is 1.38. The van der Waals surface area contributed by atoms with Crippen molar-refractivity contribution in [2.45, 2.75) is 6.92 Å². The molecule has 0 aliphatic heterocycles. The van der Waals surface area contributed by atoms with Gasteiger partial charge in [0.05, 0.1) is 5.39 Å². The molecule has 13 heavy (non-hydrogen) atoms. The lowest BCUT2D eigenvalue weighted by Crippen LogP contribution is -1.92. The Labute approximate surface area is 74.4 Å². The highest BCUT2D eigenvalue weighted by molar-refractivity contribution is 5.89. The molecule has 64 valence electrons. The van der Waals surface area contributed by atoms with Gasteiger partial charge < -0.3 is 5.73 Å². The van der Waals surface area contributed by atoms with Crippen molar-refractivity contribution in [2.24, 2.45) is 0 Å². The summed E-state index contributed by atoms with van der Waals surface area (Å²) in [4.78, 5) is 7.81. The molecule has 0 saturated carbocycles. The van der Waals surface area contributed by atoms with E-state index < -0.39 is 0 Å². The van der Waals surface area contributed by atoms with Gasteiger partial charge in [0, 0.05) is 0 Å². The van der Waals surface area contributed by atoms with Crippen LogP contribution in [0.3, 0.4) is 0 Å². The molecule has 2 aromatic rings. The number of nitrogen functional groups attached to an aromatic ring is 1. The van der Waals surface area contributed by atoms with Gasteiger partial charge in [-0.2, -0.15) is 5.10 Å². The summed E-state index contributed by atoms with van der Waals surface area (Å²) in [7, 11) is 0. The highest BCUT2D eigenvalue weighted by Crippen LogP contribution is 2.17. The van der Waals surface area contributed by atoms with Crippen LogP contribution in [-0.2, 0) is 0 Å². The molecule has 0 bridgehead atoms. The number of aromatic nitrogens is 4. The molecule has 0 aliphatic carbocycles. The van der Waals surface area contributed by atoms with Gasteiger partial charge in [0.2, 0.25) is 0 Å². The van der Waals surface area contributed by atoms with Crippen LogP contribution >= 0.6 is 0 Å². The molecule has 2 aromatic heterocycles. The molecular weight excluding hydrogens is 166 g/mol. The predicted molar refractivity (Wildman–Crippen MR) is 48.6 cm³/mol. The number of H-pyrrole nitrogens is 1. The fourth-order valence-corrected chi connectivity index (χ4v) is 1.09. The molecule has 0 amide bonds. The predicted octanol–water partition coefficient (Wildman–Crippen LogP) is 0.306. The van der Waals surface area contributed by atoms with Crippen LogP contribution < -0.4 is 5.73 Å². The zero-order valence-corrected chi connectivity index (χ0v) is 7.00. The standard InChI is InChI=1S/C8H7N5/c1-2-3-5-6-7(9)10-4-11-8(6)13-12-5/h4H,1H3,(H3,9,10,11,12,13). The number of nitrogens with two attached hydrogens (primary N) is 1. The van der Waals surface area contributed by atoms with Gasteiger partial charge in [-0.3, -0.25) is 5.10 Å². The van der Waals surface area contributed by atoms with Crippen molar-refractivity contribution in [3.05, 3.63) is 12.0 Å². The van der Waals surface area contributed by atoms with Gasteiger partial charge in [-0.25, -0.2) is 9.97 Å². The van der Waals surface area contributed by atoms with Crippen molar-refractivity contribution in [1.82, 2.24) is 20.2 Å². The third-order valence-corrected chi connectivity index (χ3v) is 1.63. The van der Waals surface area contributed by atoms with Crippen LogP contribution in [-0.4, -0.2) is 20.2 Å². The Morgan fingerprint density at radius 2 is 2.31 bits per heavy atom. The van der Waals surface area contributed by atoms with Crippen LogP contribution in [0.1, 0.15) is 12.6 Å². The van der Waals surface area contributed by atoms with E-state index in [9.17, 15) is 0 Å². The van der Waals surface area contributed by atoms with Gasteiger partial charge in [-0.05, 0) is 12.8 Å². The Morgan fingerprint density at radius 3 is 3.08 bits per heavy atom. The van der Waals surface area contributed by atoms with Crippen molar-refractivity contribution >= 4 is 16.9 Å². The monoisotopic (exact) mass is 173 g/mol. The molecule has 0 unspecified atom stereocenters. The Morgan fingerprint density at radius 1 is 1.46 bits per heavy atom. The molecule has 0 saturated heterocycles. The molecule has 0 spiro atoms. The first kappa shape index (κ1) is 7.55. The second-order valence-electron chi connectivity index (χ2n) is 2.43. The molecule has 0 aromatic carbocycles. The number of anilines is 1. The van der Waals surface area contributed by atoms with Crippen LogP contribution in [0.5, 0.6) is 0 Å². The van der Waals surface area contributed by atoms with Gasteiger partial charge in [-0.15, -0.1) is 0 Å². The molecular formula is C8H7N5. The fourth-order valence-electron chi connectivity index (χ4n) is 1.09. The summed E-state index contributed by atoms with van der Waals surface area (Å²) in [5.41, 5.74) is 6.86. The first-order valence-corrected chi connectivity index (χ1v) is 3.70. The molecule has 3 N–H and O–H groups in total. The van der Waals surface area contributed by atoms with Crippen molar-refractivity contribution in [3.63, 3.8) is 0 Å². The number of hydrogen-bond acceptors (Lipinski definition) is 4. The van der Waals surface area contributed by atoms with E-state index in [1.165, 1.54) is 6.33 Å². The van der Waals surface area contributed by atoms with Gasteiger partial charge in [0.1, 0.15) is 17.8 Å². The van der Waals surface area contributed by atoms with E-state index in [0.717, 1.165) is 0 Å². The molecule has 2 heterocycles. The van der Waals surface area contributed by atoms with Crippen molar-refractivity contribution < 1.29 is 0 Å². The molecule has 5 heteroatoms. The number of rotatable bonds is 0. The second-order valence-corrected chi connectivity index (χ2v) is 2.43. The largest absolute Gasteiger partial charge is 0.383 e. The van der Waals surface area contributed by atoms with Crippen LogP contribution in [0.25, 0.3) is 11.0 Å². The number of aromatic amines is 1. The van der Waals surface area contributed by atoms with Crippen LogP contribution in [0.2, 0.25) is 0 Å². The van der Waals surface area contributed by atoms with Crippen LogP contribution in [0, 0.1) is 11.8 Å².